The summed E-state index contributed by atoms with van der Waals surface area (Å²) in [4.78, 5) is 5.16. The Morgan fingerprint density at radius 2 is 1.50 bits per heavy atom. The number of unbranched alkanes of at least 4 members (excludes halogenated alkanes) is 5. The van der Waals surface area contributed by atoms with Crippen LogP contribution in [0.1, 0.15) is 64.9 Å². The zero-order valence-electron chi connectivity index (χ0n) is 17.8. The van der Waals surface area contributed by atoms with E-state index in [-0.39, 0.29) is 29.6 Å². The molecule has 0 saturated heterocycles. The van der Waals surface area contributed by atoms with Gasteiger partial charge in [-0.25, -0.2) is 0 Å². The third-order valence-corrected chi connectivity index (χ3v) is 5.00. The fourth-order valence-electron chi connectivity index (χ4n) is 2.69. The van der Waals surface area contributed by atoms with Crippen LogP contribution in [0.4, 0.5) is 0 Å². The summed E-state index contributed by atoms with van der Waals surface area (Å²) < 4.78 is 39.5. The maximum atomic E-state index is 12.1. The van der Waals surface area contributed by atoms with Crippen molar-refractivity contribution < 1.29 is 27.1 Å². The van der Waals surface area contributed by atoms with Gasteiger partial charge < -0.3 is 14.4 Å². The van der Waals surface area contributed by atoms with Gasteiger partial charge in [0.05, 0.1) is 0 Å². The molecule has 8 heteroatoms. The standard InChI is InChI=1S/C20H34O6S.Na/c1-4-7-8-9-10-11-14-18-15-12-13-16-19(18)25-26-27(21,22)17-20(23-5-2)24-6-3;/h12-13,15-16,20H,4-11,14,17H2,1-3H3;. The van der Waals surface area contributed by atoms with Gasteiger partial charge in [-0.05, 0) is 38.3 Å². The van der Waals surface area contributed by atoms with Gasteiger partial charge in [-0.15, -0.1) is 0 Å². The molecule has 1 aromatic rings. The molecule has 0 spiro atoms. The Hall–Kier alpha value is -0.150. The van der Waals surface area contributed by atoms with E-state index in [0.29, 0.717) is 19.0 Å². The number of para-hydroxylation sites is 1. The Balaban J connectivity index is 0.00000729. The first-order chi connectivity index (χ1) is 13.0. The largest absolute Gasteiger partial charge is 0.352 e. The van der Waals surface area contributed by atoms with Gasteiger partial charge in [-0.3, -0.25) is 0 Å². The van der Waals surface area contributed by atoms with E-state index in [1.165, 1.54) is 25.7 Å². The second-order valence-corrected chi connectivity index (χ2v) is 7.93. The van der Waals surface area contributed by atoms with Crippen molar-refractivity contribution in [2.45, 2.75) is 72.0 Å². The average Bonchev–Trinajstić information content (AvgIpc) is 2.64. The molecule has 1 aromatic carbocycles. The molecule has 6 nitrogen and oxygen atoms in total. The molecule has 0 aromatic heterocycles. The van der Waals surface area contributed by atoms with Crippen molar-refractivity contribution in [3.63, 3.8) is 0 Å². The minimum absolute atomic E-state index is 0. The Labute approximate surface area is 192 Å². The van der Waals surface area contributed by atoms with Gasteiger partial charge in [0.15, 0.2) is 12.0 Å². The van der Waals surface area contributed by atoms with Crippen molar-refractivity contribution in [3.8, 4) is 5.75 Å². The molecule has 0 N–H and O–H groups in total. The van der Waals surface area contributed by atoms with E-state index in [1.54, 1.807) is 26.0 Å². The first-order valence-electron chi connectivity index (χ1n) is 9.92. The van der Waals surface area contributed by atoms with Crippen LogP contribution in [-0.2, 0) is 30.3 Å². The van der Waals surface area contributed by atoms with E-state index in [0.717, 1.165) is 24.8 Å². The summed E-state index contributed by atoms with van der Waals surface area (Å²) in [7, 11) is -3.95. The Morgan fingerprint density at radius 1 is 0.893 bits per heavy atom. The second-order valence-electron chi connectivity index (χ2n) is 6.34. The summed E-state index contributed by atoms with van der Waals surface area (Å²) in [5.74, 6) is 0.00729. The van der Waals surface area contributed by atoms with Gasteiger partial charge in [0.2, 0.25) is 0 Å². The van der Waals surface area contributed by atoms with Crippen LogP contribution in [0.3, 0.4) is 0 Å². The molecule has 157 valence electrons. The van der Waals surface area contributed by atoms with Crippen molar-refractivity contribution in [3.05, 3.63) is 29.8 Å². The molecule has 0 heterocycles. The fourth-order valence-corrected chi connectivity index (χ4v) is 3.44. The molecule has 28 heavy (non-hydrogen) atoms. The molecule has 0 aliphatic rings. The second kappa shape index (κ2) is 16.6. The summed E-state index contributed by atoms with van der Waals surface area (Å²) >= 11 is 0. The predicted octanol–water partition coefficient (Wildman–Crippen LogP) is 4.25. The van der Waals surface area contributed by atoms with Crippen molar-refractivity contribution in [1.29, 1.82) is 0 Å². The molecule has 0 aliphatic heterocycles. The average molecular weight is 426 g/mol. The molecular formula is C20H34NaO6S. The summed E-state index contributed by atoms with van der Waals surface area (Å²) in [6, 6.07) is 7.35. The third kappa shape index (κ3) is 12.4. The Bertz CT molecular complexity index is 602. The molecule has 0 unspecified atom stereocenters. The normalized spacial score (nSPS) is 11.4. The van der Waals surface area contributed by atoms with Gasteiger partial charge in [-0.2, -0.15) is 8.42 Å². The number of aryl methyl sites for hydroxylation is 1. The van der Waals surface area contributed by atoms with Gasteiger partial charge in [0.1, 0.15) is 5.75 Å². The summed E-state index contributed by atoms with van der Waals surface area (Å²) in [5, 5.41) is 0. The molecule has 1 rings (SSSR count). The number of benzene rings is 1. The molecule has 1 radical (unpaired) electrons. The maximum absolute atomic E-state index is 12.1. The van der Waals surface area contributed by atoms with Crippen LogP contribution in [0.5, 0.6) is 5.75 Å². The van der Waals surface area contributed by atoms with Crippen molar-refractivity contribution in [2.75, 3.05) is 19.0 Å². The zero-order valence-corrected chi connectivity index (χ0v) is 20.6. The first kappa shape index (κ1) is 27.8. The van der Waals surface area contributed by atoms with Crippen LogP contribution in [0, 0.1) is 0 Å². The zero-order chi connectivity index (χ0) is 20.0. The van der Waals surface area contributed by atoms with Crippen molar-refractivity contribution in [2.24, 2.45) is 0 Å². The summed E-state index contributed by atoms with van der Waals surface area (Å²) in [6.45, 7) is 6.44. The summed E-state index contributed by atoms with van der Waals surface area (Å²) in [6.07, 6.45) is 7.13. The van der Waals surface area contributed by atoms with Gasteiger partial charge in [0.25, 0.3) is 0 Å². The monoisotopic (exact) mass is 425 g/mol. The van der Waals surface area contributed by atoms with Crippen molar-refractivity contribution >= 4 is 39.7 Å². The van der Waals surface area contributed by atoms with Crippen LogP contribution in [0.15, 0.2) is 24.3 Å². The topological polar surface area (TPSA) is 71.1 Å². The number of hydrogen-bond acceptors (Lipinski definition) is 6. The van der Waals surface area contributed by atoms with Gasteiger partial charge in [0, 0.05) is 42.8 Å². The van der Waals surface area contributed by atoms with Gasteiger partial charge >= 0.3 is 10.1 Å². The number of rotatable bonds is 16. The third-order valence-electron chi connectivity index (χ3n) is 4.05. The first-order valence-corrected chi connectivity index (χ1v) is 11.5. The molecule has 0 fully saturated rings. The molecule has 0 atom stereocenters. The quantitative estimate of drug-likeness (QED) is 0.130. The van der Waals surface area contributed by atoms with Crippen molar-refractivity contribution in [1.82, 2.24) is 0 Å². The molecular weight excluding hydrogens is 391 g/mol. The van der Waals surface area contributed by atoms with E-state index in [1.807, 2.05) is 12.1 Å². The minimum atomic E-state index is -3.95. The van der Waals surface area contributed by atoms with E-state index in [2.05, 4.69) is 6.92 Å². The van der Waals surface area contributed by atoms with Crippen LogP contribution in [0.2, 0.25) is 0 Å². The molecule has 0 saturated carbocycles. The molecule has 0 aliphatic carbocycles. The Morgan fingerprint density at radius 3 is 2.14 bits per heavy atom. The number of hydrogen-bond donors (Lipinski definition) is 0. The number of ether oxygens (including phenoxy) is 2. The van der Waals surface area contributed by atoms with E-state index >= 15 is 0 Å². The molecule has 0 amide bonds. The van der Waals surface area contributed by atoms with Crippen LogP contribution in [0.25, 0.3) is 0 Å². The maximum Gasteiger partial charge on any atom is 0.308 e. The Kier molecular flexibility index (Phi) is 16.5. The fraction of sp³-hybridized carbons (Fsp3) is 0.700. The van der Waals surface area contributed by atoms with E-state index in [9.17, 15) is 8.42 Å². The smallest absolute Gasteiger partial charge is 0.308 e. The SMILES string of the molecule is CCCCCCCCc1ccccc1OOS(=O)(=O)CC(OCC)OCC.[Na]. The minimum Gasteiger partial charge on any atom is -0.352 e. The summed E-state index contributed by atoms with van der Waals surface area (Å²) in [5.41, 5.74) is 0.939. The van der Waals surface area contributed by atoms with E-state index < -0.39 is 22.2 Å². The molecule has 0 bridgehead atoms. The van der Waals surface area contributed by atoms with Gasteiger partial charge in [-0.1, -0.05) is 61.6 Å². The van der Waals surface area contributed by atoms with Crippen LogP contribution < -0.4 is 4.89 Å². The predicted molar refractivity (Wildman–Crippen MR) is 112 cm³/mol. The van der Waals surface area contributed by atoms with Crippen LogP contribution >= 0.6 is 0 Å². The van der Waals surface area contributed by atoms with E-state index in [4.69, 9.17) is 18.7 Å². The van der Waals surface area contributed by atoms with Crippen LogP contribution in [-0.4, -0.2) is 63.2 Å².